The van der Waals surface area contributed by atoms with Gasteiger partial charge in [-0.05, 0) is 69.9 Å². The Labute approximate surface area is 184 Å². The van der Waals surface area contributed by atoms with Crippen molar-refractivity contribution in [2.75, 3.05) is 32.7 Å². The van der Waals surface area contributed by atoms with E-state index in [1.165, 1.54) is 17.1 Å². The molecule has 2 fully saturated rings. The molecule has 3 rings (SSSR count). The van der Waals surface area contributed by atoms with Crippen LogP contribution in [-0.2, 0) is 19.2 Å². The molecule has 172 valence electrons. The number of nitrogens with one attached hydrogen (secondary N) is 3. The Morgan fingerprint density at radius 3 is 2.35 bits per heavy atom. The highest BCUT2D eigenvalue weighted by atomic mass is 16.2. The van der Waals surface area contributed by atoms with Crippen molar-refractivity contribution in [3.63, 3.8) is 0 Å². The van der Waals surface area contributed by atoms with Crippen LogP contribution in [-0.4, -0.2) is 61.3 Å². The molecule has 31 heavy (non-hydrogen) atoms. The van der Waals surface area contributed by atoms with Crippen LogP contribution in [0.1, 0.15) is 57.8 Å². The number of nitrogens with zero attached hydrogens (tertiary/aromatic N) is 1. The molecule has 0 aromatic heterocycles. The van der Waals surface area contributed by atoms with Crippen LogP contribution in [0, 0.1) is 17.8 Å². The SMILES string of the molecule is O=C(CCCCCNC(=O)C1CCC(CN2C(=O)C=CC2=O)CC1)NC[C@H]1CCNC1. The first-order valence-corrected chi connectivity index (χ1v) is 11.8. The topological polar surface area (TPSA) is 108 Å². The number of imide groups is 1. The van der Waals surface area contributed by atoms with Crippen LogP contribution in [0.3, 0.4) is 0 Å². The van der Waals surface area contributed by atoms with Crippen molar-refractivity contribution in [2.45, 2.75) is 57.8 Å². The fourth-order valence-electron chi connectivity index (χ4n) is 4.65. The van der Waals surface area contributed by atoms with Gasteiger partial charge in [0.15, 0.2) is 0 Å². The van der Waals surface area contributed by atoms with Gasteiger partial charge < -0.3 is 16.0 Å². The molecule has 1 atom stereocenters. The summed E-state index contributed by atoms with van der Waals surface area (Å²) in [5, 5.41) is 9.35. The van der Waals surface area contributed by atoms with Crippen molar-refractivity contribution >= 4 is 23.6 Å². The quantitative estimate of drug-likeness (QED) is 0.335. The van der Waals surface area contributed by atoms with E-state index < -0.39 is 0 Å². The smallest absolute Gasteiger partial charge is 0.253 e. The number of carbonyl (C=O) groups excluding carboxylic acids is 4. The fourth-order valence-corrected chi connectivity index (χ4v) is 4.65. The molecule has 0 bridgehead atoms. The van der Waals surface area contributed by atoms with Gasteiger partial charge in [-0.1, -0.05) is 6.42 Å². The zero-order chi connectivity index (χ0) is 22.1. The lowest BCUT2D eigenvalue weighted by Gasteiger charge is -2.30. The average Bonchev–Trinajstić information content (AvgIpc) is 3.40. The van der Waals surface area contributed by atoms with Gasteiger partial charge in [-0.25, -0.2) is 0 Å². The third-order valence-corrected chi connectivity index (χ3v) is 6.69. The Balaban J connectivity index is 1.19. The molecule has 1 aliphatic carbocycles. The largest absolute Gasteiger partial charge is 0.356 e. The predicted molar refractivity (Wildman–Crippen MR) is 117 cm³/mol. The van der Waals surface area contributed by atoms with Gasteiger partial charge in [0.05, 0.1) is 0 Å². The van der Waals surface area contributed by atoms with Crippen LogP contribution < -0.4 is 16.0 Å². The second-order valence-electron chi connectivity index (χ2n) is 9.10. The molecule has 0 radical (unpaired) electrons. The molecule has 2 aliphatic heterocycles. The maximum absolute atomic E-state index is 12.4. The molecule has 3 N–H and O–H groups in total. The van der Waals surface area contributed by atoms with Gasteiger partial charge in [0.1, 0.15) is 0 Å². The van der Waals surface area contributed by atoms with Gasteiger partial charge in [-0.3, -0.25) is 24.1 Å². The summed E-state index contributed by atoms with van der Waals surface area (Å²) in [5.41, 5.74) is 0. The highest BCUT2D eigenvalue weighted by molar-refractivity contribution is 6.12. The van der Waals surface area contributed by atoms with E-state index in [2.05, 4.69) is 16.0 Å². The summed E-state index contributed by atoms with van der Waals surface area (Å²) in [7, 11) is 0. The van der Waals surface area contributed by atoms with E-state index in [1.54, 1.807) is 0 Å². The van der Waals surface area contributed by atoms with Crippen molar-refractivity contribution in [1.29, 1.82) is 0 Å². The predicted octanol–water partition coefficient (Wildman–Crippen LogP) is 1.12. The summed E-state index contributed by atoms with van der Waals surface area (Å²) >= 11 is 0. The van der Waals surface area contributed by atoms with E-state index in [0.29, 0.717) is 25.4 Å². The number of carbonyl (C=O) groups is 4. The lowest BCUT2D eigenvalue weighted by atomic mass is 9.81. The van der Waals surface area contributed by atoms with E-state index in [1.807, 2.05) is 0 Å². The zero-order valence-corrected chi connectivity index (χ0v) is 18.4. The number of amides is 4. The molecule has 2 heterocycles. The summed E-state index contributed by atoms with van der Waals surface area (Å²) in [6, 6.07) is 0. The van der Waals surface area contributed by atoms with Crippen LogP contribution in [0.2, 0.25) is 0 Å². The zero-order valence-electron chi connectivity index (χ0n) is 18.4. The minimum atomic E-state index is -0.228. The Bertz CT molecular complexity index is 661. The molecule has 4 amide bonds. The first kappa shape index (κ1) is 23.4. The maximum atomic E-state index is 12.4. The van der Waals surface area contributed by atoms with E-state index in [-0.39, 0.29) is 35.5 Å². The van der Waals surface area contributed by atoms with E-state index in [0.717, 1.165) is 71.0 Å². The van der Waals surface area contributed by atoms with Crippen LogP contribution in [0.4, 0.5) is 0 Å². The maximum Gasteiger partial charge on any atom is 0.253 e. The lowest BCUT2D eigenvalue weighted by molar-refractivity contribution is -0.138. The Morgan fingerprint density at radius 1 is 0.935 bits per heavy atom. The van der Waals surface area contributed by atoms with Crippen LogP contribution in [0.15, 0.2) is 12.2 Å². The molecule has 8 heteroatoms. The summed E-state index contributed by atoms with van der Waals surface area (Å²) in [6.07, 6.45) is 10.3. The fraction of sp³-hybridized carbons (Fsp3) is 0.739. The molecular weight excluding hydrogens is 396 g/mol. The second-order valence-corrected chi connectivity index (χ2v) is 9.10. The van der Waals surface area contributed by atoms with E-state index in [9.17, 15) is 19.2 Å². The summed E-state index contributed by atoms with van der Waals surface area (Å²) in [4.78, 5) is 48.9. The molecule has 1 saturated carbocycles. The molecule has 3 aliphatic rings. The minimum absolute atomic E-state index is 0.0233. The first-order valence-electron chi connectivity index (χ1n) is 11.8. The normalized spacial score (nSPS) is 25.8. The van der Waals surface area contributed by atoms with Crippen LogP contribution in [0.5, 0.6) is 0 Å². The van der Waals surface area contributed by atoms with E-state index in [4.69, 9.17) is 0 Å². The van der Waals surface area contributed by atoms with Crippen LogP contribution >= 0.6 is 0 Å². The van der Waals surface area contributed by atoms with Crippen molar-refractivity contribution < 1.29 is 19.2 Å². The Kier molecular flexibility index (Phi) is 9.06. The molecule has 0 aromatic rings. The molecular formula is C23H36N4O4. The molecule has 0 spiro atoms. The van der Waals surface area contributed by atoms with Gasteiger partial charge in [0, 0.05) is 44.1 Å². The highest BCUT2D eigenvalue weighted by Gasteiger charge is 2.31. The number of unbranched alkanes of at least 4 members (excludes halogenated alkanes) is 2. The van der Waals surface area contributed by atoms with Crippen molar-refractivity contribution in [3.8, 4) is 0 Å². The number of hydrogen-bond acceptors (Lipinski definition) is 5. The second kappa shape index (κ2) is 12.0. The molecule has 0 unspecified atom stereocenters. The Morgan fingerprint density at radius 2 is 1.68 bits per heavy atom. The third-order valence-electron chi connectivity index (χ3n) is 6.69. The lowest BCUT2D eigenvalue weighted by Crippen LogP contribution is -2.38. The number of rotatable bonds is 11. The van der Waals surface area contributed by atoms with Crippen molar-refractivity contribution in [1.82, 2.24) is 20.9 Å². The molecule has 0 aromatic carbocycles. The first-order chi connectivity index (χ1) is 15.0. The number of hydrogen-bond donors (Lipinski definition) is 3. The summed E-state index contributed by atoms with van der Waals surface area (Å²) in [6.45, 7) is 3.93. The average molecular weight is 433 g/mol. The van der Waals surface area contributed by atoms with Crippen molar-refractivity contribution in [3.05, 3.63) is 12.2 Å². The van der Waals surface area contributed by atoms with Gasteiger partial charge in [0.2, 0.25) is 11.8 Å². The molecule has 1 saturated heterocycles. The van der Waals surface area contributed by atoms with Gasteiger partial charge >= 0.3 is 0 Å². The van der Waals surface area contributed by atoms with Gasteiger partial charge in [0.25, 0.3) is 11.8 Å². The Hall–Kier alpha value is -2.22. The monoisotopic (exact) mass is 432 g/mol. The van der Waals surface area contributed by atoms with Crippen molar-refractivity contribution in [2.24, 2.45) is 17.8 Å². The third kappa shape index (κ3) is 7.45. The van der Waals surface area contributed by atoms with Crippen LogP contribution in [0.25, 0.3) is 0 Å². The highest BCUT2D eigenvalue weighted by Crippen LogP contribution is 2.30. The van der Waals surface area contributed by atoms with Gasteiger partial charge in [-0.15, -0.1) is 0 Å². The minimum Gasteiger partial charge on any atom is -0.356 e. The standard InChI is InChI=1S/C23H36N4O4/c28-20(26-15-18-11-13-24-14-18)4-2-1-3-12-25-23(31)19-7-5-17(6-8-19)16-27-21(29)9-10-22(27)30/h9-10,17-19,24H,1-8,11-16H2,(H,25,31)(H,26,28)/t17?,18-,19?/m0/s1. The summed E-state index contributed by atoms with van der Waals surface area (Å²) in [5.74, 6) is 0.652. The molecule has 8 nitrogen and oxygen atoms in total. The van der Waals surface area contributed by atoms with Gasteiger partial charge in [-0.2, -0.15) is 0 Å². The van der Waals surface area contributed by atoms with E-state index >= 15 is 0 Å². The summed E-state index contributed by atoms with van der Waals surface area (Å²) < 4.78 is 0.